The average Bonchev–Trinajstić information content (AvgIpc) is 2.66. The summed E-state index contributed by atoms with van der Waals surface area (Å²) in [7, 11) is -5.61. The van der Waals surface area contributed by atoms with Crippen LogP contribution in [-0.4, -0.2) is 46.2 Å². The van der Waals surface area contributed by atoms with Gasteiger partial charge in [-0.05, 0) is 37.5 Å². The summed E-state index contributed by atoms with van der Waals surface area (Å²) in [5.41, 5.74) is 0.249. The number of nitrogens with one attached hydrogen (secondary N) is 1. The molecule has 0 heterocycles. The minimum Gasteiger partial charge on any atom is -0.258 e. The zero-order valence-corrected chi connectivity index (χ0v) is 17.9. The van der Waals surface area contributed by atoms with Gasteiger partial charge < -0.3 is 0 Å². The van der Waals surface area contributed by atoms with Crippen molar-refractivity contribution >= 4 is 25.7 Å². The predicted octanol–water partition coefficient (Wildman–Crippen LogP) is 2.14. The Morgan fingerprint density at radius 3 is 2.24 bits per heavy atom. The molecule has 1 atom stereocenters. The summed E-state index contributed by atoms with van der Waals surface area (Å²) in [4.78, 5) is 9.58. The fraction of sp³-hybridized carbons (Fsp3) is 0.333. The van der Waals surface area contributed by atoms with Crippen LogP contribution in [0.5, 0.6) is 0 Å². The quantitative estimate of drug-likeness (QED) is 0.469. The van der Waals surface area contributed by atoms with Crippen LogP contribution < -0.4 is 4.72 Å². The number of nitro groups is 1. The van der Waals surface area contributed by atoms with Crippen LogP contribution in [0.1, 0.15) is 18.9 Å². The van der Waals surface area contributed by atoms with Crippen molar-refractivity contribution < 1.29 is 21.8 Å². The van der Waals surface area contributed by atoms with Gasteiger partial charge in [0.15, 0.2) is 4.90 Å². The van der Waals surface area contributed by atoms with Crippen LogP contribution in [0.3, 0.4) is 0 Å². The van der Waals surface area contributed by atoms with E-state index in [1.165, 1.54) is 14.1 Å². The summed E-state index contributed by atoms with van der Waals surface area (Å²) in [5, 5.41) is 11.4. The Labute approximate surface area is 170 Å². The number of rotatable bonds is 9. The van der Waals surface area contributed by atoms with Gasteiger partial charge in [0.25, 0.3) is 5.69 Å². The van der Waals surface area contributed by atoms with Crippen molar-refractivity contribution in [2.24, 2.45) is 0 Å². The van der Waals surface area contributed by atoms with Crippen LogP contribution in [0, 0.1) is 10.1 Å². The van der Waals surface area contributed by atoms with Crippen molar-refractivity contribution in [1.29, 1.82) is 0 Å². The van der Waals surface area contributed by atoms with Gasteiger partial charge in [-0.2, -0.15) is 0 Å². The van der Waals surface area contributed by atoms with Gasteiger partial charge in [-0.3, -0.25) is 10.1 Å². The van der Waals surface area contributed by atoms with Crippen molar-refractivity contribution in [3.05, 3.63) is 64.2 Å². The Morgan fingerprint density at radius 2 is 1.69 bits per heavy atom. The van der Waals surface area contributed by atoms with E-state index >= 15 is 0 Å². The Morgan fingerprint density at radius 1 is 1.07 bits per heavy atom. The van der Waals surface area contributed by atoms with Crippen molar-refractivity contribution in [3.8, 4) is 0 Å². The van der Waals surface area contributed by atoms with E-state index < -0.39 is 41.6 Å². The number of nitro benzene ring substituents is 1. The zero-order valence-electron chi connectivity index (χ0n) is 16.3. The highest BCUT2D eigenvalue weighted by atomic mass is 32.2. The van der Waals surface area contributed by atoms with Gasteiger partial charge in [-0.1, -0.05) is 30.3 Å². The summed E-state index contributed by atoms with van der Waals surface area (Å²) in [6, 6.07) is 11.8. The largest absolute Gasteiger partial charge is 0.290 e. The number of hydrogen-bond donors (Lipinski definition) is 1. The van der Waals surface area contributed by atoms with Crippen LogP contribution in [0.15, 0.2) is 58.3 Å². The summed E-state index contributed by atoms with van der Waals surface area (Å²) >= 11 is 0. The Hall–Kier alpha value is -2.34. The second-order valence-corrected chi connectivity index (χ2v) is 10.6. The van der Waals surface area contributed by atoms with E-state index in [0.29, 0.717) is 12.8 Å². The van der Waals surface area contributed by atoms with Crippen LogP contribution in [-0.2, 0) is 26.5 Å². The molecule has 0 amide bonds. The van der Waals surface area contributed by atoms with Gasteiger partial charge in [-0.15, -0.1) is 0 Å². The molecule has 29 heavy (non-hydrogen) atoms. The van der Waals surface area contributed by atoms with Crippen LogP contribution in [0.25, 0.3) is 0 Å². The minimum absolute atomic E-state index is 0.356. The topological polar surface area (TPSA) is 127 Å². The van der Waals surface area contributed by atoms with Crippen molar-refractivity contribution in [2.45, 2.75) is 35.6 Å². The first kappa shape index (κ1) is 22.9. The molecule has 11 heteroatoms. The summed E-state index contributed by atoms with van der Waals surface area (Å²) < 4.78 is 53.1. The Kier molecular flexibility index (Phi) is 7.11. The van der Waals surface area contributed by atoms with E-state index in [-0.39, 0.29) is 4.90 Å². The molecule has 0 aliphatic carbocycles. The summed E-state index contributed by atoms with van der Waals surface area (Å²) in [6.07, 6.45) is 1.12. The molecule has 0 aromatic heterocycles. The third-order valence-electron chi connectivity index (χ3n) is 4.26. The van der Waals surface area contributed by atoms with Crippen molar-refractivity contribution in [2.75, 3.05) is 14.1 Å². The molecule has 0 unspecified atom stereocenters. The first-order valence-electron chi connectivity index (χ1n) is 8.72. The molecule has 0 fully saturated rings. The summed E-state index contributed by atoms with van der Waals surface area (Å²) in [5.74, 6) is 0. The van der Waals surface area contributed by atoms with Crippen LogP contribution in [0.2, 0.25) is 0 Å². The second kappa shape index (κ2) is 8.99. The van der Waals surface area contributed by atoms with E-state index in [9.17, 15) is 26.9 Å². The highest BCUT2D eigenvalue weighted by Crippen LogP contribution is 2.28. The van der Waals surface area contributed by atoms with Crippen LogP contribution >= 0.6 is 0 Å². The monoisotopic (exact) mass is 441 g/mol. The van der Waals surface area contributed by atoms with E-state index in [2.05, 4.69) is 4.72 Å². The molecule has 0 radical (unpaired) electrons. The lowest BCUT2D eigenvalue weighted by Gasteiger charge is -2.15. The second-order valence-electron chi connectivity index (χ2n) is 6.72. The van der Waals surface area contributed by atoms with E-state index in [4.69, 9.17) is 0 Å². The number of hydrogen-bond acceptors (Lipinski definition) is 6. The highest BCUT2D eigenvalue weighted by molar-refractivity contribution is 7.90. The lowest BCUT2D eigenvalue weighted by atomic mass is 10.1. The molecule has 0 saturated carbocycles. The fourth-order valence-electron chi connectivity index (χ4n) is 2.65. The fourth-order valence-corrected chi connectivity index (χ4v) is 5.01. The minimum atomic E-state index is -4.22. The maximum atomic E-state index is 12.7. The van der Waals surface area contributed by atoms with Crippen molar-refractivity contribution in [1.82, 2.24) is 9.03 Å². The Balaban J connectivity index is 2.28. The molecule has 2 aromatic rings. The third kappa shape index (κ3) is 5.60. The molecule has 0 aliphatic heterocycles. The number of benzene rings is 2. The highest BCUT2D eigenvalue weighted by Gasteiger charge is 2.30. The maximum Gasteiger partial charge on any atom is 0.290 e. The molecular weight excluding hydrogens is 418 g/mol. The van der Waals surface area contributed by atoms with Gasteiger partial charge >= 0.3 is 0 Å². The van der Waals surface area contributed by atoms with Crippen molar-refractivity contribution in [3.63, 3.8) is 0 Å². The van der Waals surface area contributed by atoms with Gasteiger partial charge in [-0.25, -0.2) is 25.9 Å². The van der Waals surface area contributed by atoms with Crippen LogP contribution in [0.4, 0.5) is 5.69 Å². The number of aryl methyl sites for hydroxylation is 1. The molecule has 2 aromatic carbocycles. The van der Waals surface area contributed by atoms with E-state index in [1.54, 1.807) is 6.92 Å². The first-order valence-corrected chi connectivity index (χ1v) is 11.6. The first-order chi connectivity index (χ1) is 13.4. The third-order valence-corrected chi connectivity index (χ3v) is 7.71. The molecule has 0 aliphatic rings. The van der Waals surface area contributed by atoms with Gasteiger partial charge in [0, 0.05) is 26.2 Å². The van der Waals surface area contributed by atoms with Gasteiger partial charge in [0.2, 0.25) is 20.0 Å². The van der Waals surface area contributed by atoms with Gasteiger partial charge in [0.1, 0.15) is 0 Å². The van der Waals surface area contributed by atoms with E-state index in [0.717, 1.165) is 28.1 Å². The standard InChI is InChI=1S/C18H23N3O6S2/c1-14(9-10-15-7-5-4-6-8-15)19-28(24,25)18-12-11-16(13-17(18)21(22)23)29(26,27)20(2)3/h4-8,11-14,19H,9-10H2,1-3H3/t14-/m0/s1. The molecule has 9 nitrogen and oxygen atoms in total. The summed E-state index contributed by atoms with van der Waals surface area (Å²) in [6.45, 7) is 1.66. The zero-order chi connectivity index (χ0) is 21.8. The SMILES string of the molecule is C[C@@H](CCc1ccccc1)NS(=O)(=O)c1ccc(S(=O)(=O)N(C)C)cc1[N+](=O)[O-]. The molecule has 0 saturated heterocycles. The molecule has 2 rings (SSSR count). The smallest absolute Gasteiger partial charge is 0.258 e. The predicted molar refractivity (Wildman–Crippen MR) is 109 cm³/mol. The maximum absolute atomic E-state index is 12.7. The lowest BCUT2D eigenvalue weighted by molar-refractivity contribution is -0.388. The van der Waals surface area contributed by atoms with Gasteiger partial charge in [0.05, 0.1) is 9.82 Å². The molecule has 1 N–H and O–H groups in total. The Bertz CT molecular complexity index is 1080. The number of nitrogens with zero attached hydrogens (tertiary/aromatic N) is 2. The normalized spacial score (nSPS) is 13.4. The van der Waals surface area contributed by atoms with E-state index in [1.807, 2.05) is 30.3 Å². The average molecular weight is 442 g/mol. The lowest BCUT2D eigenvalue weighted by Crippen LogP contribution is -2.33. The molecule has 0 spiro atoms. The number of sulfonamides is 2. The molecular formula is C18H23N3O6S2. The molecule has 158 valence electrons. The molecule has 0 bridgehead atoms.